The molecule has 0 saturated heterocycles. The smallest absolute Gasteiger partial charge is 0.0545 e. The Labute approximate surface area is 396 Å². The molecular formula is C62H93NS. The number of H-pyrrole nitrogens is 1. The second-order valence-corrected chi connectivity index (χ2v) is 21.5. The van der Waals surface area contributed by atoms with Crippen LogP contribution in [-0.4, -0.2) is 4.98 Å². The summed E-state index contributed by atoms with van der Waals surface area (Å²) in [5.74, 6) is 0. The fourth-order valence-electron chi connectivity index (χ4n) is 10.9. The highest BCUT2D eigenvalue weighted by atomic mass is 32.1. The van der Waals surface area contributed by atoms with Crippen LogP contribution in [0.15, 0.2) is 60.7 Å². The van der Waals surface area contributed by atoms with Gasteiger partial charge < -0.3 is 4.98 Å². The van der Waals surface area contributed by atoms with E-state index in [2.05, 4.69) is 79.5 Å². The molecule has 4 aromatic carbocycles. The Kier molecular flexibility index (Phi) is 24.1. The van der Waals surface area contributed by atoms with Gasteiger partial charge in [-0.3, -0.25) is 0 Å². The molecule has 0 amide bonds. The topological polar surface area (TPSA) is 15.8 Å². The van der Waals surface area contributed by atoms with Crippen molar-refractivity contribution in [1.82, 2.24) is 4.98 Å². The molecule has 2 heterocycles. The molecule has 2 heteroatoms. The molecule has 1 nitrogen and oxygen atoms in total. The van der Waals surface area contributed by atoms with Crippen LogP contribution >= 0.6 is 11.3 Å². The van der Waals surface area contributed by atoms with E-state index in [0.717, 1.165) is 0 Å². The summed E-state index contributed by atoms with van der Waals surface area (Å²) in [7, 11) is 0. The molecule has 1 N–H and O–H groups in total. The van der Waals surface area contributed by atoms with Crippen LogP contribution in [0.2, 0.25) is 0 Å². The average Bonchev–Trinajstić information content (AvgIpc) is 3.89. The minimum absolute atomic E-state index is 1.19. The summed E-state index contributed by atoms with van der Waals surface area (Å²) in [6.45, 7) is 4.62. The SMILES string of the molecule is CCCCCCCCCCCCCCCCCCCCc1ccc2c(c1)[nH]c1c2ccc2c1ccc1c3ccc(CCCCCCCCCCCCCCCCCCCC)cc3sc12. The Morgan fingerprint density at radius 2 is 0.625 bits per heavy atom. The molecule has 6 rings (SSSR count). The summed E-state index contributed by atoms with van der Waals surface area (Å²) in [5.41, 5.74) is 5.58. The standard InChI is InChI=1S/C62H93NS/c1-3-5-7-9-11-13-15-17-19-21-23-25-27-29-31-33-35-37-39-51-41-43-53-55-45-48-58-56(61(55)63-59(53)49-51)46-47-57-54-44-42-52(50-60(54)64-62(57)58)40-38-36-34-32-30-28-26-24-22-20-18-16-14-12-10-8-6-4-2/h41-50,63H,3-40H2,1-2H3. The zero-order valence-corrected chi connectivity index (χ0v) is 42.4. The first-order valence-corrected chi connectivity index (χ1v) is 28.9. The molecule has 0 bridgehead atoms. The maximum Gasteiger partial charge on any atom is 0.0545 e. The molecule has 0 fully saturated rings. The van der Waals surface area contributed by atoms with E-state index in [4.69, 9.17) is 0 Å². The van der Waals surface area contributed by atoms with E-state index in [1.165, 1.54) is 308 Å². The van der Waals surface area contributed by atoms with Crippen molar-refractivity contribution >= 4 is 64.1 Å². The summed E-state index contributed by atoms with van der Waals surface area (Å²) in [4.78, 5) is 3.90. The number of fused-ring (bicyclic) bond motifs is 9. The number of hydrogen-bond donors (Lipinski definition) is 1. The van der Waals surface area contributed by atoms with Crippen molar-refractivity contribution in [3.05, 3.63) is 71.8 Å². The van der Waals surface area contributed by atoms with Gasteiger partial charge in [-0.1, -0.05) is 281 Å². The highest BCUT2D eigenvalue weighted by Crippen LogP contribution is 2.42. The number of unbranched alkanes of at least 4 members (excludes halogenated alkanes) is 34. The molecule has 352 valence electrons. The fraction of sp³-hybridized carbons (Fsp3) is 0.645. The summed E-state index contributed by atoms with van der Waals surface area (Å²) in [6.07, 6.45) is 54.0. The van der Waals surface area contributed by atoms with Crippen LogP contribution < -0.4 is 0 Å². The van der Waals surface area contributed by atoms with Crippen LogP contribution in [-0.2, 0) is 12.8 Å². The molecule has 0 aliphatic heterocycles. The lowest BCUT2D eigenvalue weighted by atomic mass is 10.0. The van der Waals surface area contributed by atoms with Gasteiger partial charge in [-0.05, 0) is 48.9 Å². The predicted molar refractivity (Wildman–Crippen MR) is 291 cm³/mol. The van der Waals surface area contributed by atoms with Crippen molar-refractivity contribution in [1.29, 1.82) is 0 Å². The van der Waals surface area contributed by atoms with Gasteiger partial charge in [0.1, 0.15) is 0 Å². The van der Waals surface area contributed by atoms with Gasteiger partial charge in [0.05, 0.1) is 5.52 Å². The number of benzene rings is 4. The third-order valence-electron chi connectivity index (χ3n) is 15.0. The van der Waals surface area contributed by atoms with Gasteiger partial charge in [-0.2, -0.15) is 0 Å². The van der Waals surface area contributed by atoms with Crippen LogP contribution in [0.25, 0.3) is 52.8 Å². The van der Waals surface area contributed by atoms with E-state index in [-0.39, 0.29) is 0 Å². The molecule has 0 aliphatic rings. The van der Waals surface area contributed by atoms with E-state index in [1.807, 2.05) is 11.3 Å². The van der Waals surface area contributed by atoms with Gasteiger partial charge in [0.15, 0.2) is 0 Å². The lowest BCUT2D eigenvalue weighted by molar-refractivity contribution is 0.525. The van der Waals surface area contributed by atoms with Crippen LogP contribution in [0.5, 0.6) is 0 Å². The van der Waals surface area contributed by atoms with E-state index >= 15 is 0 Å². The van der Waals surface area contributed by atoms with Gasteiger partial charge in [-0.25, -0.2) is 0 Å². The Bertz CT molecular complexity index is 1990. The lowest BCUT2D eigenvalue weighted by Gasteiger charge is -2.04. The van der Waals surface area contributed by atoms with Crippen LogP contribution in [0, 0.1) is 0 Å². The number of rotatable bonds is 38. The molecule has 64 heavy (non-hydrogen) atoms. The summed E-state index contributed by atoms with van der Waals surface area (Å²) in [5, 5.41) is 8.30. The summed E-state index contributed by atoms with van der Waals surface area (Å²) in [6, 6.07) is 24.1. The number of thiophene rings is 1. The van der Waals surface area contributed by atoms with Gasteiger partial charge in [0, 0.05) is 47.2 Å². The Hall–Kier alpha value is -2.84. The van der Waals surface area contributed by atoms with Crippen molar-refractivity contribution in [2.24, 2.45) is 0 Å². The zero-order chi connectivity index (χ0) is 44.3. The molecule has 0 aliphatic carbocycles. The molecule has 0 saturated carbocycles. The predicted octanol–water partition coefficient (Wildman–Crippen LogP) is 22.0. The zero-order valence-electron chi connectivity index (χ0n) is 41.6. The molecular weight excluding hydrogens is 791 g/mol. The molecule has 0 unspecified atom stereocenters. The Morgan fingerprint density at radius 1 is 0.312 bits per heavy atom. The van der Waals surface area contributed by atoms with Gasteiger partial charge >= 0.3 is 0 Å². The fourth-order valence-corrected chi connectivity index (χ4v) is 12.2. The largest absolute Gasteiger partial charge is 0.354 e. The van der Waals surface area contributed by atoms with Crippen molar-refractivity contribution in [3.63, 3.8) is 0 Å². The molecule has 6 aromatic rings. The van der Waals surface area contributed by atoms with E-state index in [9.17, 15) is 0 Å². The van der Waals surface area contributed by atoms with Crippen LogP contribution in [0.1, 0.15) is 256 Å². The van der Waals surface area contributed by atoms with Crippen LogP contribution in [0.3, 0.4) is 0 Å². The Morgan fingerprint density at radius 3 is 1.05 bits per heavy atom. The minimum Gasteiger partial charge on any atom is -0.354 e. The number of hydrogen-bond acceptors (Lipinski definition) is 1. The third-order valence-corrected chi connectivity index (χ3v) is 16.2. The van der Waals surface area contributed by atoms with Gasteiger partial charge in [0.2, 0.25) is 0 Å². The first kappa shape index (κ1) is 50.6. The number of nitrogens with one attached hydrogen (secondary N) is 1. The summed E-state index contributed by atoms with van der Waals surface area (Å²) < 4.78 is 2.89. The first-order valence-electron chi connectivity index (χ1n) is 28.1. The first-order chi connectivity index (χ1) is 31.8. The third kappa shape index (κ3) is 16.8. The second-order valence-electron chi connectivity index (χ2n) is 20.5. The Balaban J connectivity index is 0.857. The van der Waals surface area contributed by atoms with Crippen LogP contribution in [0.4, 0.5) is 0 Å². The molecule has 2 aromatic heterocycles. The van der Waals surface area contributed by atoms with Gasteiger partial charge in [-0.15, -0.1) is 11.3 Å². The molecule has 0 spiro atoms. The van der Waals surface area contributed by atoms with Crippen molar-refractivity contribution in [2.75, 3.05) is 0 Å². The van der Waals surface area contributed by atoms with Gasteiger partial charge in [0.25, 0.3) is 0 Å². The number of aromatic amines is 1. The van der Waals surface area contributed by atoms with E-state index < -0.39 is 0 Å². The lowest BCUT2D eigenvalue weighted by Crippen LogP contribution is -1.87. The van der Waals surface area contributed by atoms with Crippen molar-refractivity contribution < 1.29 is 0 Å². The highest BCUT2D eigenvalue weighted by Gasteiger charge is 2.14. The monoisotopic (exact) mass is 884 g/mol. The normalized spacial score (nSPS) is 12.1. The minimum atomic E-state index is 1.19. The highest BCUT2D eigenvalue weighted by molar-refractivity contribution is 7.26. The van der Waals surface area contributed by atoms with E-state index in [0.29, 0.717) is 0 Å². The molecule has 0 radical (unpaired) electrons. The maximum atomic E-state index is 3.90. The quantitative estimate of drug-likeness (QED) is 0.0373. The molecule has 0 atom stereocenters. The summed E-state index contributed by atoms with van der Waals surface area (Å²) >= 11 is 2.00. The van der Waals surface area contributed by atoms with E-state index in [1.54, 1.807) is 0 Å². The maximum absolute atomic E-state index is 3.90. The van der Waals surface area contributed by atoms with Crippen molar-refractivity contribution in [3.8, 4) is 0 Å². The number of aryl methyl sites for hydroxylation is 2. The average molecular weight is 884 g/mol. The number of aromatic nitrogens is 1. The second kappa shape index (κ2) is 30.4. The van der Waals surface area contributed by atoms with Crippen molar-refractivity contribution in [2.45, 2.75) is 258 Å².